The zero-order valence-corrected chi connectivity index (χ0v) is 17.0. The van der Waals surface area contributed by atoms with Crippen LogP contribution in [0.3, 0.4) is 0 Å². The van der Waals surface area contributed by atoms with E-state index in [0.29, 0.717) is 17.3 Å². The monoisotopic (exact) mass is 398 g/mol. The molecule has 2 aromatic carbocycles. The quantitative estimate of drug-likeness (QED) is 0.531. The van der Waals surface area contributed by atoms with Crippen molar-refractivity contribution >= 4 is 11.6 Å². The van der Waals surface area contributed by atoms with Gasteiger partial charge in [-0.15, -0.1) is 0 Å². The van der Waals surface area contributed by atoms with Crippen LogP contribution in [0.25, 0.3) is 17.1 Å². The van der Waals surface area contributed by atoms with Crippen LogP contribution in [0.5, 0.6) is 0 Å². The number of aromatic nitrogens is 3. The van der Waals surface area contributed by atoms with Gasteiger partial charge < -0.3 is 9.73 Å². The molecule has 2 aromatic heterocycles. The van der Waals surface area contributed by atoms with Crippen molar-refractivity contribution < 1.29 is 9.21 Å². The van der Waals surface area contributed by atoms with Crippen LogP contribution in [0.15, 0.2) is 59.0 Å². The molecule has 0 radical (unpaired) electrons. The number of carbonyl (C=O) groups is 1. The van der Waals surface area contributed by atoms with Crippen LogP contribution in [0.4, 0.5) is 5.69 Å². The van der Waals surface area contributed by atoms with Crippen molar-refractivity contribution in [1.82, 2.24) is 14.8 Å². The van der Waals surface area contributed by atoms with Crippen LogP contribution in [-0.4, -0.2) is 20.7 Å². The number of nitrogens with one attached hydrogen (secondary N) is 1. The maximum atomic E-state index is 13.1. The Kier molecular flexibility index (Phi) is 4.47. The average Bonchev–Trinajstić information content (AvgIpc) is 3.45. The van der Waals surface area contributed by atoms with Crippen LogP contribution >= 0.6 is 0 Å². The Hall–Kier alpha value is -3.67. The van der Waals surface area contributed by atoms with E-state index in [9.17, 15) is 4.79 Å². The van der Waals surface area contributed by atoms with Gasteiger partial charge in [-0.1, -0.05) is 24.3 Å². The molecule has 5 rings (SSSR count). The standard InChI is InChI=1S/C24H22N4O2/c1-15-16(2)30-24(25-15)17-8-6-9-18(14-17)26-23(29)22-20-12-7-13-21(20)28(27-22)19-10-4-3-5-11-19/h3-6,8-11,14H,7,12-13H2,1-2H3,(H,26,29). The molecular weight excluding hydrogens is 376 g/mol. The molecule has 6 nitrogen and oxygen atoms in total. The number of anilines is 1. The molecular formula is C24H22N4O2. The Morgan fingerprint density at radius 1 is 1.07 bits per heavy atom. The third-order valence-electron chi connectivity index (χ3n) is 5.54. The maximum absolute atomic E-state index is 13.1. The Balaban J connectivity index is 1.45. The van der Waals surface area contributed by atoms with Gasteiger partial charge in [0.05, 0.1) is 11.4 Å². The van der Waals surface area contributed by atoms with Crippen LogP contribution in [0.2, 0.25) is 0 Å². The molecule has 1 N–H and O–H groups in total. The van der Waals surface area contributed by atoms with E-state index in [1.54, 1.807) is 0 Å². The Morgan fingerprint density at radius 3 is 2.67 bits per heavy atom. The summed E-state index contributed by atoms with van der Waals surface area (Å²) in [5.74, 6) is 1.15. The van der Waals surface area contributed by atoms with Crippen LogP contribution in [0.1, 0.15) is 39.6 Å². The van der Waals surface area contributed by atoms with Crippen molar-refractivity contribution in [3.05, 3.63) is 83.0 Å². The molecule has 0 fully saturated rings. The number of fused-ring (bicyclic) bond motifs is 1. The molecule has 4 aromatic rings. The molecule has 0 saturated carbocycles. The minimum Gasteiger partial charge on any atom is -0.441 e. The van der Waals surface area contributed by atoms with Gasteiger partial charge in [0.15, 0.2) is 5.69 Å². The van der Waals surface area contributed by atoms with E-state index in [-0.39, 0.29) is 5.91 Å². The fourth-order valence-corrected chi connectivity index (χ4v) is 3.92. The Bertz CT molecular complexity index is 1220. The minimum absolute atomic E-state index is 0.195. The van der Waals surface area contributed by atoms with Crippen molar-refractivity contribution in [1.29, 1.82) is 0 Å². The normalized spacial score (nSPS) is 12.7. The minimum atomic E-state index is -0.195. The van der Waals surface area contributed by atoms with Crippen molar-refractivity contribution in [2.24, 2.45) is 0 Å². The predicted molar refractivity (Wildman–Crippen MR) is 115 cm³/mol. The molecule has 0 saturated heterocycles. The summed E-state index contributed by atoms with van der Waals surface area (Å²) in [6.07, 6.45) is 2.85. The van der Waals surface area contributed by atoms with E-state index in [4.69, 9.17) is 4.42 Å². The van der Waals surface area contributed by atoms with E-state index < -0.39 is 0 Å². The molecule has 0 spiro atoms. The van der Waals surface area contributed by atoms with Gasteiger partial charge in [0.1, 0.15) is 5.76 Å². The van der Waals surface area contributed by atoms with Gasteiger partial charge in [-0.2, -0.15) is 5.10 Å². The van der Waals surface area contributed by atoms with Crippen LogP contribution in [-0.2, 0) is 12.8 Å². The molecule has 1 amide bonds. The molecule has 150 valence electrons. The number of hydrogen-bond acceptors (Lipinski definition) is 4. The zero-order valence-electron chi connectivity index (χ0n) is 17.0. The van der Waals surface area contributed by atoms with E-state index in [1.807, 2.05) is 73.1 Å². The molecule has 1 aliphatic rings. The van der Waals surface area contributed by atoms with Crippen molar-refractivity contribution in [3.63, 3.8) is 0 Å². The Morgan fingerprint density at radius 2 is 1.90 bits per heavy atom. The van der Waals surface area contributed by atoms with Gasteiger partial charge in [-0.25, -0.2) is 9.67 Å². The summed E-state index contributed by atoms with van der Waals surface area (Å²) in [7, 11) is 0. The largest absolute Gasteiger partial charge is 0.441 e. The number of para-hydroxylation sites is 1. The lowest BCUT2D eigenvalue weighted by atomic mass is 10.1. The lowest BCUT2D eigenvalue weighted by Crippen LogP contribution is -2.15. The molecule has 0 atom stereocenters. The highest BCUT2D eigenvalue weighted by atomic mass is 16.4. The molecule has 2 heterocycles. The number of benzene rings is 2. The summed E-state index contributed by atoms with van der Waals surface area (Å²) < 4.78 is 7.63. The third-order valence-corrected chi connectivity index (χ3v) is 5.54. The highest BCUT2D eigenvalue weighted by Gasteiger charge is 2.27. The molecule has 0 unspecified atom stereocenters. The molecule has 6 heteroatoms. The van der Waals surface area contributed by atoms with E-state index in [2.05, 4.69) is 15.4 Å². The summed E-state index contributed by atoms with van der Waals surface area (Å²) in [5.41, 5.74) is 6.03. The van der Waals surface area contributed by atoms with Gasteiger partial charge in [0, 0.05) is 22.5 Å². The first-order valence-electron chi connectivity index (χ1n) is 10.1. The van der Waals surface area contributed by atoms with Crippen molar-refractivity contribution in [2.45, 2.75) is 33.1 Å². The first-order chi connectivity index (χ1) is 14.6. The summed E-state index contributed by atoms with van der Waals surface area (Å²) >= 11 is 0. The van der Waals surface area contributed by atoms with Crippen molar-refractivity contribution in [3.8, 4) is 17.1 Å². The number of nitrogens with zero attached hydrogens (tertiary/aromatic N) is 3. The lowest BCUT2D eigenvalue weighted by Gasteiger charge is -2.06. The SMILES string of the molecule is Cc1nc(-c2cccc(NC(=O)c3nn(-c4ccccc4)c4c3CCC4)c2)oc1C. The summed E-state index contributed by atoms with van der Waals surface area (Å²) in [6, 6.07) is 17.5. The van der Waals surface area contributed by atoms with E-state index in [1.165, 1.54) is 0 Å². The number of carbonyl (C=O) groups excluding carboxylic acids is 1. The number of hydrogen-bond donors (Lipinski definition) is 1. The fraction of sp³-hybridized carbons (Fsp3) is 0.208. The Labute approximate surface area is 174 Å². The molecule has 1 aliphatic carbocycles. The number of amides is 1. The molecule has 0 bridgehead atoms. The smallest absolute Gasteiger partial charge is 0.276 e. The predicted octanol–water partition coefficient (Wildman–Crippen LogP) is 4.89. The van der Waals surface area contributed by atoms with E-state index >= 15 is 0 Å². The maximum Gasteiger partial charge on any atom is 0.276 e. The second kappa shape index (κ2) is 7.30. The summed E-state index contributed by atoms with van der Waals surface area (Å²) in [6.45, 7) is 3.80. The van der Waals surface area contributed by atoms with Gasteiger partial charge in [-0.3, -0.25) is 4.79 Å². The molecule has 0 aliphatic heterocycles. The number of oxazole rings is 1. The summed E-state index contributed by atoms with van der Waals surface area (Å²) in [4.78, 5) is 17.5. The first-order valence-corrected chi connectivity index (χ1v) is 10.1. The summed E-state index contributed by atoms with van der Waals surface area (Å²) in [5, 5.41) is 7.67. The second-order valence-electron chi connectivity index (χ2n) is 7.57. The van der Waals surface area contributed by atoms with Gasteiger partial charge in [0.2, 0.25) is 5.89 Å². The molecule has 30 heavy (non-hydrogen) atoms. The lowest BCUT2D eigenvalue weighted by molar-refractivity contribution is 0.102. The number of rotatable bonds is 4. The topological polar surface area (TPSA) is 73.0 Å². The second-order valence-corrected chi connectivity index (χ2v) is 7.57. The van der Waals surface area contributed by atoms with Crippen LogP contribution in [0, 0.1) is 13.8 Å². The van der Waals surface area contributed by atoms with Gasteiger partial charge >= 0.3 is 0 Å². The fourth-order valence-electron chi connectivity index (χ4n) is 3.92. The van der Waals surface area contributed by atoms with Gasteiger partial charge in [-0.05, 0) is 63.4 Å². The highest BCUT2D eigenvalue weighted by molar-refractivity contribution is 6.04. The van der Waals surface area contributed by atoms with Gasteiger partial charge in [0.25, 0.3) is 5.91 Å². The van der Waals surface area contributed by atoms with Crippen molar-refractivity contribution in [2.75, 3.05) is 5.32 Å². The third kappa shape index (κ3) is 3.20. The van der Waals surface area contributed by atoms with E-state index in [0.717, 1.165) is 53.2 Å². The highest BCUT2D eigenvalue weighted by Crippen LogP contribution is 2.29. The number of aryl methyl sites for hydroxylation is 2. The average molecular weight is 398 g/mol. The van der Waals surface area contributed by atoms with Crippen LogP contribution < -0.4 is 5.32 Å². The zero-order chi connectivity index (χ0) is 20.7. The first kappa shape index (κ1) is 18.4.